The molecule has 0 fully saturated rings. The smallest absolute Gasteiger partial charge is 0.343 e. The van der Waals surface area contributed by atoms with Gasteiger partial charge in [-0.2, -0.15) is 5.10 Å². The SMILES string of the molecule is COc1ccc(C(=O)Oc2c(Cl)cc(/C=N\NC(=O)c3cccc(Cl)c3)cc2OC)cc1. The molecule has 32 heavy (non-hydrogen) atoms. The van der Waals surface area contributed by atoms with Crippen molar-refractivity contribution >= 4 is 41.3 Å². The molecule has 0 saturated heterocycles. The zero-order chi connectivity index (χ0) is 23.1. The number of esters is 1. The van der Waals surface area contributed by atoms with E-state index in [1.807, 2.05) is 0 Å². The standard InChI is InChI=1S/C23H18Cl2N2O5/c1-30-18-8-6-15(7-9-18)23(29)32-21-19(25)10-14(11-20(21)31-2)13-26-27-22(28)16-4-3-5-17(24)12-16/h3-13H,1-2H3,(H,27,28)/b26-13-. The zero-order valence-corrected chi connectivity index (χ0v) is 18.6. The van der Waals surface area contributed by atoms with E-state index in [1.165, 1.54) is 32.6 Å². The molecule has 0 aromatic heterocycles. The summed E-state index contributed by atoms with van der Waals surface area (Å²) in [7, 11) is 2.95. The van der Waals surface area contributed by atoms with Gasteiger partial charge in [0.25, 0.3) is 5.91 Å². The molecule has 0 unspecified atom stereocenters. The lowest BCUT2D eigenvalue weighted by Crippen LogP contribution is -2.17. The van der Waals surface area contributed by atoms with E-state index in [9.17, 15) is 9.59 Å². The van der Waals surface area contributed by atoms with Crippen molar-refractivity contribution in [3.63, 3.8) is 0 Å². The number of ether oxygens (including phenoxy) is 3. The molecular weight excluding hydrogens is 455 g/mol. The van der Waals surface area contributed by atoms with Crippen LogP contribution in [-0.2, 0) is 0 Å². The Morgan fingerprint density at radius 1 is 0.938 bits per heavy atom. The Morgan fingerprint density at radius 2 is 1.69 bits per heavy atom. The minimum absolute atomic E-state index is 0.0649. The minimum atomic E-state index is -0.608. The van der Waals surface area contributed by atoms with E-state index in [-0.39, 0.29) is 16.5 Å². The molecule has 0 bridgehead atoms. The van der Waals surface area contributed by atoms with E-state index in [4.69, 9.17) is 37.4 Å². The fraction of sp³-hybridized carbons (Fsp3) is 0.0870. The summed E-state index contributed by atoms with van der Waals surface area (Å²) >= 11 is 12.2. The first-order chi connectivity index (χ1) is 15.4. The topological polar surface area (TPSA) is 86.2 Å². The fourth-order valence-corrected chi connectivity index (χ4v) is 3.10. The lowest BCUT2D eigenvalue weighted by Gasteiger charge is -2.12. The summed E-state index contributed by atoms with van der Waals surface area (Å²) in [5, 5.41) is 4.49. The predicted molar refractivity (Wildman–Crippen MR) is 122 cm³/mol. The Labute approximate surface area is 194 Å². The van der Waals surface area contributed by atoms with E-state index >= 15 is 0 Å². The van der Waals surface area contributed by atoms with Crippen LogP contribution in [0, 0.1) is 0 Å². The maximum Gasteiger partial charge on any atom is 0.343 e. The Balaban J connectivity index is 1.73. The molecule has 0 aliphatic carbocycles. The third-order valence-electron chi connectivity index (χ3n) is 4.24. The number of nitrogens with one attached hydrogen (secondary N) is 1. The maximum atomic E-state index is 12.5. The normalized spacial score (nSPS) is 10.6. The van der Waals surface area contributed by atoms with Gasteiger partial charge in [-0.1, -0.05) is 29.3 Å². The van der Waals surface area contributed by atoms with Gasteiger partial charge in [0.05, 0.1) is 31.0 Å². The van der Waals surface area contributed by atoms with Gasteiger partial charge in [-0.3, -0.25) is 4.79 Å². The number of hydrazone groups is 1. The summed E-state index contributed by atoms with van der Waals surface area (Å²) in [6.45, 7) is 0. The molecule has 7 nitrogen and oxygen atoms in total. The predicted octanol–water partition coefficient (Wildman–Crippen LogP) is 4.99. The van der Waals surface area contributed by atoms with Crippen LogP contribution in [0.2, 0.25) is 10.0 Å². The van der Waals surface area contributed by atoms with E-state index in [1.54, 1.807) is 48.5 Å². The van der Waals surface area contributed by atoms with E-state index in [0.29, 0.717) is 27.5 Å². The van der Waals surface area contributed by atoms with Crippen LogP contribution in [0.1, 0.15) is 26.3 Å². The van der Waals surface area contributed by atoms with Gasteiger partial charge in [0.2, 0.25) is 0 Å². The van der Waals surface area contributed by atoms with Gasteiger partial charge in [-0.05, 0) is 60.2 Å². The molecule has 0 heterocycles. The molecule has 0 spiro atoms. The van der Waals surface area contributed by atoms with Gasteiger partial charge in [-0.25, -0.2) is 10.2 Å². The van der Waals surface area contributed by atoms with Crippen molar-refractivity contribution in [2.75, 3.05) is 14.2 Å². The number of hydrogen-bond donors (Lipinski definition) is 1. The number of halogens is 2. The molecule has 0 aliphatic heterocycles. The van der Waals surface area contributed by atoms with Crippen molar-refractivity contribution in [1.29, 1.82) is 0 Å². The molecule has 3 aromatic carbocycles. The molecular formula is C23H18Cl2N2O5. The van der Waals surface area contributed by atoms with Crippen molar-refractivity contribution in [3.8, 4) is 17.2 Å². The minimum Gasteiger partial charge on any atom is -0.497 e. The van der Waals surface area contributed by atoms with Crippen LogP contribution in [0.5, 0.6) is 17.2 Å². The highest BCUT2D eigenvalue weighted by Crippen LogP contribution is 2.36. The van der Waals surface area contributed by atoms with Crippen LogP contribution in [0.25, 0.3) is 0 Å². The molecule has 164 valence electrons. The molecule has 1 N–H and O–H groups in total. The molecule has 0 saturated carbocycles. The van der Waals surface area contributed by atoms with Gasteiger partial charge in [0.15, 0.2) is 11.5 Å². The van der Waals surface area contributed by atoms with Gasteiger partial charge >= 0.3 is 5.97 Å². The Morgan fingerprint density at radius 3 is 2.34 bits per heavy atom. The number of benzene rings is 3. The second kappa shape index (κ2) is 10.7. The third kappa shape index (κ3) is 5.78. The van der Waals surface area contributed by atoms with Gasteiger partial charge in [0.1, 0.15) is 5.75 Å². The molecule has 0 aliphatic rings. The Bertz CT molecular complexity index is 1160. The van der Waals surface area contributed by atoms with Crippen LogP contribution in [0.15, 0.2) is 65.8 Å². The van der Waals surface area contributed by atoms with E-state index < -0.39 is 11.9 Å². The van der Waals surface area contributed by atoms with Crippen LogP contribution < -0.4 is 19.6 Å². The number of methoxy groups -OCH3 is 2. The molecule has 3 rings (SSSR count). The quantitative estimate of drug-likeness (QED) is 0.226. The average molecular weight is 473 g/mol. The highest BCUT2D eigenvalue weighted by atomic mass is 35.5. The Kier molecular flexibility index (Phi) is 7.70. The molecule has 0 radical (unpaired) electrons. The lowest BCUT2D eigenvalue weighted by atomic mass is 10.2. The number of hydrogen-bond acceptors (Lipinski definition) is 6. The Hall–Kier alpha value is -3.55. The zero-order valence-electron chi connectivity index (χ0n) is 17.1. The highest BCUT2D eigenvalue weighted by Gasteiger charge is 2.17. The maximum absolute atomic E-state index is 12.5. The van der Waals surface area contributed by atoms with Crippen molar-refractivity contribution in [2.45, 2.75) is 0 Å². The summed E-state index contributed by atoms with van der Waals surface area (Å²) < 4.78 is 15.8. The molecule has 3 aromatic rings. The highest BCUT2D eigenvalue weighted by molar-refractivity contribution is 6.32. The van der Waals surface area contributed by atoms with E-state index in [2.05, 4.69) is 10.5 Å². The number of carbonyl (C=O) groups excluding carboxylic acids is 2. The molecule has 1 amide bonds. The monoisotopic (exact) mass is 472 g/mol. The number of carbonyl (C=O) groups is 2. The summed E-state index contributed by atoms with van der Waals surface area (Å²) in [4.78, 5) is 24.6. The van der Waals surface area contributed by atoms with Gasteiger partial charge < -0.3 is 14.2 Å². The van der Waals surface area contributed by atoms with Gasteiger partial charge in [-0.15, -0.1) is 0 Å². The van der Waals surface area contributed by atoms with Crippen LogP contribution >= 0.6 is 23.2 Å². The molecule has 9 heteroatoms. The number of rotatable bonds is 7. The number of amides is 1. The third-order valence-corrected chi connectivity index (χ3v) is 4.75. The summed E-state index contributed by atoms with van der Waals surface area (Å²) in [6, 6.07) is 16.0. The van der Waals surface area contributed by atoms with Crippen LogP contribution in [0.4, 0.5) is 0 Å². The lowest BCUT2D eigenvalue weighted by molar-refractivity contribution is 0.0729. The number of nitrogens with zero attached hydrogens (tertiary/aromatic N) is 1. The van der Waals surface area contributed by atoms with Crippen molar-refractivity contribution < 1.29 is 23.8 Å². The molecule has 0 atom stereocenters. The summed E-state index contributed by atoms with van der Waals surface area (Å²) in [6.07, 6.45) is 1.38. The first-order valence-electron chi connectivity index (χ1n) is 9.24. The summed E-state index contributed by atoms with van der Waals surface area (Å²) in [5.74, 6) is -0.129. The average Bonchev–Trinajstić information content (AvgIpc) is 2.80. The fourth-order valence-electron chi connectivity index (χ4n) is 2.65. The van der Waals surface area contributed by atoms with Gasteiger partial charge in [0, 0.05) is 10.6 Å². The summed E-state index contributed by atoms with van der Waals surface area (Å²) in [5.41, 5.74) is 3.60. The largest absolute Gasteiger partial charge is 0.497 e. The van der Waals surface area contributed by atoms with Crippen molar-refractivity contribution in [1.82, 2.24) is 5.43 Å². The van der Waals surface area contributed by atoms with Crippen molar-refractivity contribution in [3.05, 3.63) is 87.4 Å². The van der Waals surface area contributed by atoms with Crippen LogP contribution in [0.3, 0.4) is 0 Å². The second-order valence-electron chi connectivity index (χ2n) is 6.36. The van der Waals surface area contributed by atoms with Crippen LogP contribution in [-0.4, -0.2) is 32.3 Å². The second-order valence-corrected chi connectivity index (χ2v) is 7.21. The first-order valence-corrected chi connectivity index (χ1v) is 9.99. The first kappa shape index (κ1) is 23.1. The van der Waals surface area contributed by atoms with Crippen molar-refractivity contribution in [2.24, 2.45) is 5.10 Å². The van der Waals surface area contributed by atoms with E-state index in [0.717, 1.165) is 0 Å².